The van der Waals surface area contributed by atoms with E-state index < -0.39 is 0 Å². The molecule has 1 aliphatic rings. The molecule has 1 aromatic carbocycles. The van der Waals surface area contributed by atoms with Gasteiger partial charge in [0.2, 0.25) is 0 Å². The van der Waals surface area contributed by atoms with E-state index in [2.05, 4.69) is 10.4 Å². The second-order valence-corrected chi connectivity index (χ2v) is 5.23. The van der Waals surface area contributed by atoms with Crippen LogP contribution in [0, 0.1) is 0 Å². The Balaban J connectivity index is 1.79. The van der Waals surface area contributed by atoms with E-state index in [0.717, 1.165) is 11.3 Å². The zero-order valence-corrected chi connectivity index (χ0v) is 11.1. The smallest absolute Gasteiger partial charge is 0.269 e. The van der Waals surface area contributed by atoms with Crippen molar-refractivity contribution < 1.29 is 0 Å². The van der Waals surface area contributed by atoms with Gasteiger partial charge in [-0.1, -0.05) is 23.7 Å². The molecular formula is C14H14ClN3O. The number of hydrogen-bond donors (Lipinski definition) is 1. The number of benzene rings is 1. The lowest BCUT2D eigenvalue weighted by Crippen LogP contribution is -2.23. The molecule has 1 fully saturated rings. The first-order chi connectivity index (χ1) is 9.20. The van der Waals surface area contributed by atoms with Gasteiger partial charge in [-0.05, 0) is 30.5 Å². The summed E-state index contributed by atoms with van der Waals surface area (Å²) >= 11 is 5.92. The van der Waals surface area contributed by atoms with Gasteiger partial charge in [-0.2, -0.15) is 5.10 Å². The highest BCUT2D eigenvalue weighted by Gasteiger charge is 2.21. The molecule has 0 atom stereocenters. The molecule has 1 aliphatic carbocycles. The van der Waals surface area contributed by atoms with Gasteiger partial charge < -0.3 is 5.32 Å². The highest BCUT2D eigenvalue weighted by molar-refractivity contribution is 6.30. The summed E-state index contributed by atoms with van der Waals surface area (Å²) in [6.07, 6.45) is 4.04. The van der Waals surface area contributed by atoms with Crippen LogP contribution in [-0.4, -0.2) is 15.8 Å². The van der Waals surface area contributed by atoms with Gasteiger partial charge in [-0.25, -0.2) is 4.68 Å². The Labute approximate surface area is 116 Å². The third kappa shape index (κ3) is 3.15. The minimum atomic E-state index is -0.106. The van der Waals surface area contributed by atoms with E-state index in [1.54, 1.807) is 12.3 Å². The van der Waals surface area contributed by atoms with E-state index in [0.29, 0.717) is 17.6 Å². The van der Waals surface area contributed by atoms with Crippen LogP contribution in [0.1, 0.15) is 18.4 Å². The predicted molar refractivity (Wildman–Crippen MR) is 75.7 cm³/mol. The summed E-state index contributed by atoms with van der Waals surface area (Å²) in [7, 11) is 0. The summed E-state index contributed by atoms with van der Waals surface area (Å²) in [5.74, 6) is 0. The average Bonchev–Trinajstić information content (AvgIpc) is 3.17. The first-order valence-electron chi connectivity index (χ1n) is 6.29. The van der Waals surface area contributed by atoms with Crippen LogP contribution in [0.25, 0.3) is 0 Å². The van der Waals surface area contributed by atoms with Crippen molar-refractivity contribution in [3.63, 3.8) is 0 Å². The van der Waals surface area contributed by atoms with Gasteiger partial charge >= 0.3 is 0 Å². The third-order valence-electron chi connectivity index (χ3n) is 3.04. The van der Waals surface area contributed by atoms with Crippen LogP contribution in [0.3, 0.4) is 0 Å². The molecule has 0 spiro atoms. The molecule has 5 heteroatoms. The summed E-state index contributed by atoms with van der Waals surface area (Å²) in [6, 6.07) is 9.55. The van der Waals surface area contributed by atoms with Gasteiger partial charge in [0.05, 0.1) is 18.4 Å². The van der Waals surface area contributed by atoms with Crippen LogP contribution < -0.4 is 10.9 Å². The molecule has 19 heavy (non-hydrogen) atoms. The fourth-order valence-corrected chi connectivity index (χ4v) is 2.12. The van der Waals surface area contributed by atoms with Crippen LogP contribution in [0.2, 0.25) is 5.02 Å². The van der Waals surface area contributed by atoms with E-state index in [-0.39, 0.29) is 5.56 Å². The Morgan fingerprint density at radius 3 is 2.89 bits per heavy atom. The van der Waals surface area contributed by atoms with E-state index in [4.69, 9.17) is 11.6 Å². The second-order valence-electron chi connectivity index (χ2n) is 4.79. The standard InChI is InChI=1S/C14H14ClN3O/c15-11-3-1-2-10(6-11)9-18-14(19)7-13(8-16-18)17-12-4-5-12/h1-3,6-8,12,17H,4-5,9H2. The predicted octanol–water partition coefficient (Wildman–Crippen LogP) is 2.52. The summed E-state index contributed by atoms with van der Waals surface area (Å²) in [6.45, 7) is 0.434. The maximum atomic E-state index is 12.0. The summed E-state index contributed by atoms with van der Waals surface area (Å²) < 4.78 is 1.43. The van der Waals surface area contributed by atoms with Crippen LogP contribution >= 0.6 is 11.6 Å². The van der Waals surface area contributed by atoms with Crippen molar-refractivity contribution in [2.75, 3.05) is 5.32 Å². The van der Waals surface area contributed by atoms with Crippen molar-refractivity contribution >= 4 is 17.3 Å². The van der Waals surface area contributed by atoms with Gasteiger partial charge in [-0.15, -0.1) is 0 Å². The molecule has 0 amide bonds. The molecule has 98 valence electrons. The number of anilines is 1. The minimum absolute atomic E-state index is 0.106. The Morgan fingerprint density at radius 1 is 1.37 bits per heavy atom. The third-order valence-corrected chi connectivity index (χ3v) is 3.27. The van der Waals surface area contributed by atoms with E-state index in [9.17, 15) is 4.79 Å². The van der Waals surface area contributed by atoms with Crippen molar-refractivity contribution in [2.24, 2.45) is 0 Å². The zero-order valence-electron chi connectivity index (χ0n) is 10.3. The Morgan fingerprint density at radius 2 is 2.21 bits per heavy atom. The molecule has 1 N–H and O–H groups in total. The van der Waals surface area contributed by atoms with E-state index in [1.807, 2.05) is 24.3 Å². The van der Waals surface area contributed by atoms with E-state index in [1.165, 1.54) is 17.5 Å². The molecule has 3 rings (SSSR count). The topological polar surface area (TPSA) is 46.9 Å². The Kier molecular flexibility index (Phi) is 3.25. The van der Waals surface area contributed by atoms with Gasteiger partial charge in [0.25, 0.3) is 5.56 Å². The van der Waals surface area contributed by atoms with Gasteiger partial charge in [0.1, 0.15) is 0 Å². The molecule has 1 aromatic heterocycles. The minimum Gasteiger partial charge on any atom is -0.381 e. The lowest BCUT2D eigenvalue weighted by Gasteiger charge is -2.07. The van der Waals surface area contributed by atoms with Crippen molar-refractivity contribution in [1.29, 1.82) is 0 Å². The average molecular weight is 276 g/mol. The first kappa shape index (κ1) is 12.2. The van der Waals surface area contributed by atoms with Crippen molar-refractivity contribution in [3.8, 4) is 0 Å². The van der Waals surface area contributed by atoms with Crippen LogP contribution in [-0.2, 0) is 6.54 Å². The molecule has 1 heterocycles. The highest BCUT2D eigenvalue weighted by Crippen LogP contribution is 2.23. The Bertz CT molecular complexity index is 649. The largest absolute Gasteiger partial charge is 0.381 e. The first-order valence-corrected chi connectivity index (χ1v) is 6.67. The second kappa shape index (κ2) is 5.05. The lowest BCUT2D eigenvalue weighted by atomic mass is 10.2. The fourth-order valence-electron chi connectivity index (χ4n) is 1.90. The quantitative estimate of drug-likeness (QED) is 0.933. The molecule has 2 aromatic rings. The van der Waals surface area contributed by atoms with Crippen molar-refractivity contribution in [3.05, 3.63) is 57.5 Å². The van der Waals surface area contributed by atoms with Crippen LogP contribution in [0.4, 0.5) is 5.69 Å². The molecule has 0 saturated heterocycles. The molecule has 4 nitrogen and oxygen atoms in total. The zero-order chi connectivity index (χ0) is 13.2. The number of nitrogens with zero attached hydrogens (tertiary/aromatic N) is 2. The molecule has 0 unspecified atom stereocenters. The van der Waals surface area contributed by atoms with Crippen LogP contribution in [0.15, 0.2) is 41.3 Å². The maximum absolute atomic E-state index is 12.0. The highest BCUT2D eigenvalue weighted by atomic mass is 35.5. The monoisotopic (exact) mass is 275 g/mol. The van der Waals surface area contributed by atoms with Crippen LogP contribution in [0.5, 0.6) is 0 Å². The van der Waals surface area contributed by atoms with Crippen molar-refractivity contribution in [1.82, 2.24) is 9.78 Å². The van der Waals surface area contributed by atoms with Gasteiger partial charge in [0.15, 0.2) is 0 Å². The summed E-state index contributed by atoms with van der Waals surface area (Å²) in [5, 5.41) is 8.11. The molecule has 0 radical (unpaired) electrons. The lowest BCUT2D eigenvalue weighted by molar-refractivity contribution is 0.639. The van der Waals surface area contributed by atoms with Gasteiger partial charge in [-0.3, -0.25) is 4.79 Å². The molecule has 0 aliphatic heterocycles. The fraction of sp³-hybridized carbons (Fsp3) is 0.286. The number of hydrogen-bond acceptors (Lipinski definition) is 3. The number of rotatable bonds is 4. The number of nitrogens with one attached hydrogen (secondary N) is 1. The summed E-state index contributed by atoms with van der Waals surface area (Å²) in [4.78, 5) is 12.0. The summed E-state index contributed by atoms with van der Waals surface area (Å²) in [5.41, 5.74) is 1.66. The Hall–Kier alpha value is -1.81. The normalized spacial score (nSPS) is 14.4. The molecular weight excluding hydrogens is 262 g/mol. The van der Waals surface area contributed by atoms with Crippen molar-refractivity contribution in [2.45, 2.75) is 25.4 Å². The molecule has 0 bridgehead atoms. The number of halogens is 1. The number of aromatic nitrogens is 2. The molecule has 1 saturated carbocycles. The SMILES string of the molecule is O=c1cc(NC2CC2)cnn1Cc1cccc(Cl)c1. The van der Waals surface area contributed by atoms with E-state index >= 15 is 0 Å². The van der Waals surface area contributed by atoms with Gasteiger partial charge in [0, 0.05) is 17.1 Å². The maximum Gasteiger partial charge on any atom is 0.269 e.